The summed E-state index contributed by atoms with van der Waals surface area (Å²) in [5.74, 6) is -2.00. The average Bonchev–Trinajstić information content (AvgIpc) is 2.87. The van der Waals surface area contributed by atoms with Crippen molar-refractivity contribution in [2.75, 3.05) is 51.5 Å². The number of aliphatic hydroxyl groups is 4. The van der Waals surface area contributed by atoms with E-state index >= 15 is 0 Å². The third kappa shape index (κ3) is 9.70. The van der Waals surface area contributed by atoms with Crippen LogP contribution in [0.1, 0.15) is 27.6 Å². The van der Waals surface area contributed by atoms with Crippen molar-refractivity contribution >= 4 is 97.3 Å². The van der Waals surface area contributed by atoms with E-state index in [-0.39, 0.29) is 59.4 Å². The van der Waals surface area contributed by atoms with Crippen LogP contribution in [-0.2, 0) is 14.3 Å². The van der Waals surface area contributed by atoms with Crippen molar-refractivity contribution in [1.29, 1.82) is 0 Å². The Labute approximate surface area is 259 Å². The molecular formula is C22H28I3N3O10. The van der Waals surface area contributed by atoms with Gasteiger partial charge in [0.05, 0.1) is 49.4 Å². The van der Waals surface area contributed by atoms with Crippen LogP contribution in [0.3, 0.4) is 0 Å². The van der Waals surface area contributed by atoms with E-state index in [4.69, 9.17) is 19.7 Å². The van der Waals surface area contributed by atoms with Gasteiger partial charge in [-0.2, -0.15) is 0 Å². The molecule has 0 saturated heterocycles. The van der Waals surface area contributed by atoms with Crippen LogP contribution in [0.5, 0.6) is 0 Å². The number of amides is 3. The van der Waals surface area contributed by atoms with Gasteiger partial charge in [0.2, 0.25) is 0 Å². The van der Waals surface area contributed by atoms with Gasteiger partial charge in [-0.3, -0.25) is 14.5 Å². The number of hydrogen-bond acceptors (Lipinski definition) is 10. The lowest BCUT2D eigenvalue weighted by Crippen LogP contribution is -2.38. The molecular weight excluding hydrogens is 847 g/mol. The van der Waals surface area contributed by atoms with Gasteiger partial charge in [-0.1, -0.05) is 6.58 Å². The van der Waals surface area contributed by atoms with Gasteiger partial charge < -0.3 is 40.5 Å². The van der Waals surface area contributed by atoms with E-state index in [0.717, 1.165) is 4.90 Å². The summed E-state index contributed by atoms with van der Waals surface area (Å²) < 4.78 is 10.9. The Morgan fingerprint density at radius 3 is 1.68 bits per heavy atom. The molecule has 0 fully saturated rings. The molecule has 1 rings (SSSR count). The summed E-state index contributed by atoms with van der Waals surface area (Å²) in [6.07, 6.45) is -3.29. The van der Waals surface area contributed by atoms with E-state index in [2.05, 4.69) is 17.2 Å². The summed E-state index contributed by atoms with van der Waals surface area (Å²) >= 11 is 5.50. The number of hydrogen-bond donors (Lipinski definition) is 6. The van der Waals surface area contributed by atoms with Crippen LogP contribution >= 0.6 is 67.8 Å². The molecule has 0 aliphatic rings. The van der Waals surface area contributed by atoms with Crippen LogP contribution in [0.2, 0.25) is 0 Å². The molecule has 0 spiro atoms. The first-order chi connectivity index (χ1) is 17.8. The molecule has 2 unspecified atom stereocenters. The number of anilines is 1. The van der Waals surface area contributed by atoms with Crippen LogP contribution in [0.15, 0.2) is 12.2 Å². The van der Waals surface area contributed by atoms with Crippen LogP contribution in [0, 0.1) is 10.7 Å². The average molecular weight is 875 g/mol. The first-order valence-electron chi connectivity index (χ1n) is 10.9. The highest BCUT2D eigenvalue weighted by atomic mass is 127. The molecule has 6 N–H and O–H groups in total. The predicted molar refractivity (Wildman–Crippen MR) is 161 cm³/mol. The van der Waals surface area contributed by atoms with E-state index in [1.54, 1.807) is 22.6 Å². The first kappa shape index (κ1) is 34.7. The van der Waals surface area contributed by atoms with Crippen molar-refractivity contribution in [3.05, 3.63) is 34.0 Å². The molecule has 0 radical (unpaired) electrons. The molecule has 0 aromatic heterocycles. The van der Waals surface area contributed by atoms with Crippen molar-refractivity contribution in [2.45, 2.75) is 19.1 Å². The van der Waals surface area contributed by atoms with Crippen LogP contribution in [-0.4, -0.2) is 103 Å². The number of nitrogens with zero attached hydrogens (tertiary/aromatic N) is 1. The molecule has 0 saturated carbocycles. The molecule has 1 aromatic carbocycles. The second-order valence-corrected chi connectivity index (χ2v) is 11.0. The number of esters is 1. The molecule has 0 bridgehead atoms. The lowest BCUT2D eigenvalue weighted by Gasteiger charge is -2.25. The quantitative estimate of drug-likeness (QED) is 0.0698. The van der Waals surface area contributed by atoms with E-state index in [1.807, 2.05) is 45.2 Å². The van der Waals surface area contributed by atoms with Crippen LogP contribution in [0.4, 0.5) is 10.5 Å². The number of halogens is 3. The molecule has 0 aliphatic carbocycles. The van der Waals surface area contributed by atoms with Crippen molar-refractivity contribution in [1.82, 2.24) is 10.6 Å². The van der Waals surface area contributed by atoms with Gasteiger partial charge in [-0.25, -0.2) is 9.59 Å². The number of aliphatic hydroxyl groups excluding tert-OH is 4. The first-order valence-corrected chi connectivity index (χ1v) is 14.1. The Balaban J connectivity index is 3.41. The van der Waals surface area contributed by atoms with E-state index in [9.17, 15) is 29.4 Å². The predicted octanol–water partition coefficient (Wildman–Crippen LogP) is 0.359. The SMILES string of the molecule is C=C(C)C(=O)OCCOC(=O)N(C)c1c(I)c(C(=O)NCC(O)CO)c(I)c(C(=O)NCC(O)CO)c1I. The van der Waals surface area contributed by atoms with Gasteiger partial charge in [-0.05, 0) is 74.7 Å². The number of carbonyl (C=O) groups is 4. The molecule has 3 amide bonds. The summed E-state index contributed by atoms with van der Waals surface area (Å²) in [5.41, 5.74) is 0.395. The molecule has 0 heterocycles. The fourth-order valence-corrected chi connectivity index (χ4v) is 7.52. The van der Waals surface area contributed by atoms with Crippen LogP contribution < -0.4 is 15.5 Å². The highest BCUT2D eigenvalue weighted by molar-refractivity contribution is 14.1. The van der Waals surface area contributed by atoms with E-state index < -0.39 is 49.3 Å². The maximum Gasteiger partial charge on any atom is 0.414 e. The standard InChI is InChI=1S/C22H28I3N3O10/c1-10(2)21(35)37-4-5-38-22(36)28(3)18-16(24)13(19(33)26-6-11(31)8-29)15(23)14(17(18)25)20(34)27-7-12(32)9-30/h11-12,29-32H,1,4-9H2,2-3H3,(H,26,33)(H,27,34). The number of carbonyl (C=O) groups excluding carboxylic acids is 4. The Morgan fingerprint density at radius 2 is 1.29 bits per heavy atom. The second kappa shape index (κ2) is 16.7. The fourth-order valence-electron chi connectivity index (χ4n) is 2.65. The second-order valence-electron chi connectivity index (χ2n) is 7.72. The van der Waals surface area contributed by atoms with Gasteiger partial charge in [-0.15, -0.1) is 0 Å². The zero-order valence-electron chi connectivity index (χ0n) is 20.4. The number of benzene rings is 1. The van der Waals surface area contributed by atoms with E-state index in [0.29, 0.717) is 0 Å². The maximum absolute atomic E-state index is 13.1. The van der Waals surface area contributed by atoms with Crippen molar-refractivity contribution in [2.24, 2.45) is 0 Å². The summed E-state index contributed by atoms with van der Waals surface area (Å²) in [7, 11) is 1.36. The lowest BCUT2D eigenvalue weighted by molar-refractivity contribution is -0.139. The smallest absolute Gasteiger partial charge is 0.414 e. The number of ether oxygens (including phenoxy) is 2. The summed E-state index contributed by atoms with van der Waals surface area (Å²) in [6.45, 7) is 2.74. The Hall–Kier alpha value is -1.33. The van der Waals surface area contributed by atoms with Gasteiger partial charge in [0.25, 0.3) is 11.8 Å². The topological polar surface area (TPSA) is 195 Å². The third-order valence-electron chi connectivity index (χ3n) is 4.67. The highest BCUT2D eigenvalue weighted by Crippen LogP contribution is 2.37. The molecule has 38 heavy (non-hydrogen) atoms. The summed E-state index contributed by atoms with van der Waals surface area (Å²) in [4.78, 5) is 51.5. The Morgan fingerprint density at radius 1 is 0.868 bits per heavy atom. The lowest BCUT2D eigenvalue weighted by atomic mass is 10.1. The summed E-state index contributed by atoms with van der Waals surface area (Å²) in [5, 5.41) is 42.3. The maximum atomic E-state index is 13.1. The van der Waals surface area contributed by atoms with Crippen molar-refractivity contribution in [3.63, 3.8) is 0 Å². The fraction of sp³-hybridized carbons (Fsp3) is 0.455. The largest absolute Gasteiger partial charge is 0.459 e. The van der Waals surface area contributed by atoms with Gasteiger partial charge >= 0.3 is 12.1 Å². The normalized spacial score (nSPS) is 12.2. The van der Waals surface area contributed by atoms with Crippen molar-refractivity contribution in [3.8, 4) is 0 Å². The van der Waals surface area contributed by atoms with Crippen LogP contribution in [0.25, 0.3) is 0 Å². The third-order valence-corrected chi connectivity index (χ3v) is 7.84. The van der Waals surface area contributed by atoms with E-state index in [1.165, 1.54) is 14.0 Å². The molecule has 1 aromatic rings. The Bertz CT molecular complexity index is 1020. The number of nitrogens with one attached hydrogen (secondary N) is 2. The molecule has 212 valence electrons. The molecule has 16 heteroatoms. The monoisotopic (exact) mass is 875 g/mol. The molecule has 0 aliphatic heterocycles. The minimum Gasteiger partial charge on any atom is -0.459 e. The van der Waals surface area contributed by atoms with Gasteiger partial charge in [0.1, 0.15) is 13.2 Å². The minimum atomic E-state index is -1.21. The zero-order chi connectivity index (χ0) is 29.2. The Kier molecular flexibility index (Phi) is 15.2. The molecule has 2 atom stereocenters. The zero-order valence-corrected chi connectivity index (χ0v) is 26.9. The number of rotatable bonds is 13. The highest BCUT2D eigenvalue weighted by Gasteiger charge is 2.31. The minimum absolute atomic E-state index is 0.0228. The van der Waals surface area contributed by atoms with Gasteiger partial charge in [0, 0.05) is 29.3 Å². The van der Waals surface area contributed by atoms with Crippen molar-refractivity contribution < 1.29 is 49.1 Å². The summed E-state index contributed by atoms with van der Waals surface area (Å²) in [6, 6.07) is 0. The van der Waals surface area contributed by atoms with Gasteiger partial charge in [0.15, 0.2) is 0 Å². The molecule has 13 nitrogen and oxygen atoms in total.